The molecule has 3 heterocycles. The number of hydrogen-bond acceptors (Lipinski definition) is 6. The Morgan fingerprint density at radius 1 is 1.09 bits per heavy atom. The Kier molecular flexibility index (Phi) is 5.88. The van der Waals surface area contributed by atoms with Crippen LogP contribution in [0.3, 0.4) is 0 Å². The van der Waals surface area contributed by atoms with Gasteiger partial charge in [0.25, 0.3) is 0 Å². The fourth-order valence-corrected chi connectivity index (χ4v) is 6.82. The number of alkyl halides is 1. The molecule has 5 rings (SSSR count). The highest BCUT2D eigenvalue weighted by molar-refractivity contribution is 7.89. The second-order valence-corrected chi connectivity index (χ2v) is 10.7. The fourth-order valence-electron chi connectivity index (χ4n) is 4.37. The van der Waals surface area contributed by atoms with Crippen molar-refractivity contribution in [2.24, 2.45) is 0 Å². The van der Waals surface area contributed by atoms with E-state index in [0.717, 1.165) is 16.4 Å². The van der Waals surface area contributed by atoms with E-state index in [-0.39, 0.29) is 64.5 Å². The van der Waals surface area contributed by atoms with Crippen LogP contribution in [0.15, 0.2) is 41.4 Å². The van der Waals surface area contributed by atoms with Crippen molar-refractivity contribution in [3.05, 3.63) is 58.2 Å². The molecule has 2 aliphatic rings. The van der Waals surface area contributed by atoms with Gasteiger partial charge in [0.05, 0.1) is 35.4 Å². The van der Waals surface area contributed by atoms with Crippen molar-refractivity contribution in [2.45, 2.75) is 23.2 Å². The lowest BCUT2D eigenvalue weighted by Crippen LogP contribution is -2.62. The van der Waals surface area contributed by atoms with E-state index in [1.165, 1.54) is 24.4 Å². The number of ether oxygens (including phenoxy) is 1. The van der Waals surface area contributed by atoms with Crippen LogP contribution in [0.2, 0.25) is 10.0 Å². The summed E-state index contributed by atoms with van der Waals surface area (Å²) in [6.45, 7) is -0.108. The monoisotopic (exact) mass is 532 g/mol. The molecule has 3 aromatic rings. The van der Waals surface area contributed by atoms with Gasteiger partial charge >= 0.3 is 0 Å². The van der Waals surface area contributed by atoms with Gasteiger partial charge in [-0.15, -0.1) is 0 Å². The molecule has 0 saturated carbocycles. The molecule has 2 aromatic carbocycles. The molecule has 0 radical (unpaired) electrons. The van der Waals surface area contributed by atoms with Crippen LogP contribution in [-0.4, -0.2) is 60.8 Å². The molecule has 180 valence electrons. The largest absolute Gasteiger partial charge is 0.355 e. The number of aromatic nitrogens is 2. The lowest BCUT2D eigenvalue weighted by molar-refractivity contribution is -0.116. The molecule has 0 unspecified atom stereocenters. The second-order valence-electron chi connectivity index (χ2n) is 7.99. The summed E-state index contributed by atoms with van der Waals surface area (Å²) in [4.78, 5) is 9.69. The molecule has 13 heteroatoms. The van der Waals surface area contributed by atoms with Crippen molar-refractivity contribution in [1.29, 1.82) is 0 Å². The molecule has 2 atom stereocenters. The molecule has 1 spiro atoms. The van der Waals surface area contributed by atoms with Crippen molar-refractivity contribution in [3.63, 3.8) is 0 Å². The SMILES string of the molecule is O=S(=O)(c1cc(Cl)ccc1Cl)N1CCO[C@]12CCN(c1cnc3cc(F)c(F)cc3n1)C[C@@H]2F. The molecule has 34 heavy (non-hydrogen) atoms. The maximum Gasteiger partial charge on any atom is 0.247 e. The van der Waals surface area contributed by atoms with E-state index < -0.39 is 33.6 Å². The Labute approximate surface area is 203 Å². The van der Waals surface area contributed by atoms with Crippen molar-refractivity contribution >= 4 is 50.1 Å². The van der Waals surface area contributed by atoms with Gasteiger partial charge in [-0.25, -0.2) is 26.6 Å². The smallest absolute Gasteiger partial charge is 0.247 e. The number of anilines is 1. The van der Waals surface area contributed by atoms with Crippen LogP contribution in [0.4, 0.5) is 19.0 Å². The summed E-state index contributed by atoms with van der Waals surface area (Å²) in [5.74, 6) is -1.86. The highest BCUT2D eigenvalue weighted by Crippen LogP contribution is 2.42. The quantitative estimate of drug-likeness (QED) is 0.503. The summed E-state index contributed by atoms with van der Waals surface area (Å²) in [7, 11) is -4.22. The number of halogens is 5. The number of benzene rings is 2. The minimum atomic E-state index is -4.22. The normalized spacial score (nSPS) is 23.8. The molecule has 1 aromatic heterocycles. The van der Waals surface area contributed by atoms with E-state index in [9.17, 15) is 17.2 Å². The number of sulfonamides is 1. The van der Waals surface area contributed by atoms with E-state index in [0.29, 0.717) is 0 Å². The highest BCUT2D eigenvalue weighted by Gasteiger charge is 2.57. The minimum Gasteiger partial charge on any atom is -0.355 e. The third-order valence-electron chi connectivity index (χ3n) is 6.04. The van der Waals surface area contributed by atoms with E-state index >= 15 is 4.39 Å². The van der Waals surface area contributed by atoms with E-state index in [1.807, 2.05) is 0 Å². The first-order chi connectivity index (χ1) is 16.1. The first-order valence-electron chi connectivity index (χ1n) is 10.2. The molecule has 0 aliphatic carbocycles. The molecular weight excluding hydrogens is 516 g/mol. The van der Waals surface area contributed by atoms with E-state index in [2.05, 4.69) is 9.97 Å². The summed E-state index contributed by atoms with van der Waals surface area (Å²) in [6, 6.07) is 5.90. The van der Waals surface area contributed by atoms with Crippen LogP contribution in [-0.2, 0) is 14.8 Å². The van der Waals surface area contributed by atoms with Gasteiger partial charge in [-0.2, -0.15) is 4.31 Å². The van der Waals surface area contributed by atoms with Gasteiger partial charge in [-0.3, -0.25) is 4.98 Å². The summed E-state index contributed by atoms with van der Waals surface area (Å²) >= 11 is 12.1. The molecule has 0 bridgehead atoms. The molecule has 2 fully saturated rings. The van der Waals surface area contributed by atoms with Gasteiger partial charge in [0, 0.05) is 36.7 Å². The summed E-state index contributed by atoms with van der Waals surface area (Å²) < 4.78 is 76.3. The van der Waals surface area contributed by atoms with E-state index in [1.54, 1.807) is 4.90 Å². The zero-order valence-electron chi connectivity index (χ0n) is 17.4. The Morgan fingerprint density at radius 3 is 2.56 bits per heavy atom. The fraction of sp³-hybridized carbons (Fsp3) is 0.333. The zero-order chi connectivity index (χ0) is 24.3. The van der Waals surface area contributed by atoms with Crippen molar-refractivity contribution in [1.82, 2.24) is 14.3 Å². The minimum absolute atomic E-state index is 0.0108. The van der Waals surface area contributed by atoms with Gasteiger partial charge in [-0.1, -0.05) is 23.2 Å². The standard InChI is InChI=1S/C21H17Cl2F3N4O3S/c22-12-1-2-13(23)18(7-12)34(31,32)30-5-6-33-21(30)3-4-29(11-19(21)26)20-10-27-16-8-14(24)15(25)9-17(16)28-20/h1-2,7-10,19H,3-6,11H2/t19-,21-/m0/s1. The summed E-state index contributed by atoms with van der Waals surface area (Å²) in [5.41, 5.74) is -1.45. The molecule has 0 N–H and O–H groups in total. The number of fused-ring (bicyclic) bond motifs is 1. The first kappa shape index (κ1) is 23.6. The van der Waals surface area contributed by atoms with Crippen LogP contribution >= 0.6 is 23.2 Å². The van der Waals surface area contributed by atoms with Crippen LogP contribution in [0.25, 0.3) is 11.0 Å². The average Bonchev–Trinajstić information content (AvgIpc) is 3.23. The maximum absolute atomic E-state index is 15.7. The second kappa shape index (κ2) is 8.49. The number of hydrogen-bond donors (Lipinski definition) is 0. The van der Waals surface area contributed by atoms with Gasteiger partial charge in [0.1, 0.15) is 10.7 Å². The zero-order valence-corrected chi connectivity index (χ0v) is 19.7. The summed E-state index contributed by atoms with van der Waals surface area (Å²) in [5, 5.41) is 0.143. The van der Waals surface area contributed by atoms with Crippen LogP contribution < -0.4 is 4.90 Å². The van der Waals surface area contributed by atoms with Crippen LogP contribution in [0.1, 0.15) is 6.42 Å². The van der Waals surface area contributed by atoms with Gasteiger partial charge in [0.2, 0.25) is 10.0 Å². The van der Waals surface area contributed by atoms with E-state index in [4.69, 9.17) is 27.9 Å². The number of rotatable bonds is 3. The third-order valence-corrected chi connectivity index (χ3v) is 8.68. The molecule has 7 nitrogen and oxygen atoms in total. The van der Waals surface area contributed by atoms with Crippen LogP contribution in [0, 0.1) is 11.6 Å². The lowest BCUT2D eigenvalue weighted by atomic mass is 9.98. The molecule has 2 aliphatic heterocycles. The molecule has 2 saturated heterocycles. The predicted octanol–water partition coefficient (Wildman–Crippen LogP) is 4.18. The highest BCUT2D eigenvalue weighted by atomic mass is 35.5. The van der Waals surface area contributed by atoms with Gasteiger partial charge in [0.15, 0.2) is 23.5 Å². The summed E-state index contributed by atoms with van der Waals surface area (Å²) in [6.07, 6.45) is -0.428. The molecule has 0 amide bonds. The number of nitrogens with zero attached hydrogens (tertiary/aromatic N) is 4. The van der Waals surface area contributed by atoms with Gasteiger partial charge in [-0.05, 0) is 18.2 Å². The third kappa shape index (κ3) is 3.79. The number of piperidine rings is 1. The molecular formula is C21H17Cl2F3N4O3S. The van der Waals surface area contributed by atoms with Crippen molar-refractivity contribution in [2.75, 3.05) is 31.1 Å². The van der Waals surface area contributed by atoms with Crippen molar-refractivity contribution < 1.29 is 26.3 Å². The Bertz CT molecular complexity index is 1400. The van der Waals surface area contributed by atoms with Crippen LogP contribution in [0.5, 0.6) is 0 Å². The maximum atomic E-state index is 15.7. The first-order valence-corrected chi connectivity index (χ1v) is 12.4. The topological polar surface area (TPSA) is 75.6 Å². The van der Waals surface area contributed by atoms with Crippen molar-refractivity contribution in [3.8, 4) is 0 Å². The van der Waals surface area contributed by atoms with Gasteiger partial charge < -0.3 is 9.64 Å². The Hall–Kier alpha value is -2.18. The Morgan fingerprint density at radius 2 is 1.82 bits per heavy atom. The average molecular weight is 533 g/mol. The lowest BCUT2D eigenvalue weighted by Gasteiger charge is -2.45. The Balaban J connectivity index is 1.44. The predicted molar refractivity (Wildman–Crippen MR) is 120 cm³/mol.